The van der Waals surface area contributed by atoms with E-state index in [1.807, 2.05) is 6.92 Å². The fourth-order valence-corrected chi connectivity index (χ4v) is 17.1. The number of hydrogen-bond acceptors (Lipinski definition) is 1. The molecule has 1 N–H and O–H groups in total. The summed E-state index contributed by atoms with van der Waals surface area (Å²) in [5, 5.41) is 10.1. The van der Waals surface area contributed by atoms with E-state index < -0.39 is 17.3 Å². The average molecular weight is 396 g/mol. The molecule has 0 saturated carbocycles. The standard InChI is InChI=1S/C8H15O.2C4H9.ClH.Sn/c1-3-4-5-6-7-8(2)9;2*1-3-4-2;;/h6,8-9H,3-5H2,1-2H3;2*1,3-4H2,2H3;1H;/q;;;;+1/p-1. The second-order valence-electron chi connectivity index (χ2n) is 5.65. The van der Waals surface area contributed by atoms with Gasteiger partial charge in [-0.05, 0) is 0 Å². The van der Waals surface area contributed by atoms with Crippen molar-refractivity contribution in [3.05, 3.63) is 9.67 Å². The van der Waals surface area contributed by atoms with Crippen LogP contribution in [0.4, 0.5) is 0 Å². The summed E-state index contributed by atoms with van der Waals surface area (Å²) in [6.45, 7) is 8.57. The Morgan fingerprint density at radius 1 is 1.05 bits per heavy atom. The van der Waals surface area contributed by atoms with Crippen LogP contribution in [0.15, 0.2) is 9.67 Å². The number of hydrogen-bond donors (Lipinski definition) is 1. The Kier molecular flexibility index (Phi) is 11.9. The molecule has 0 aromatic rings. The van der Waals surface area contributed by atoms with E-state index in [9.17, 15) is 5.11 Å². The molecule has 0 amide bonds. The predicted octanol–water partition coefficient (Wildman–Crippen LogP) is 5.81. The SMILES string of the molecule is CCCC/C=[C](/C(C)O)[Sn]([Cl])([CH2]CCC)[CH2]CCC. The summed E-state index contributed by atoms with van der Waals surface area (Å²) < 4.78 is 3.65. The number of aliphatic hydroxyl groups excluding tert-OH is 1. The van der Waals surface area contributed by atoms with Crippen LogP contribution in [0.1, 0.15) is 72.6 Å². The third-order valence-electron chi connectivity index (χ3n) is 3.74. The molecule has 0 aromatic carbocycles. The van der Waals surface area contributed by atoms with Crippen LogP contribution in [0.2, 0.25) is 8.87 Å². The van der Waals surface area contributed by atoms with Gasteiger partial charge in [0.1, 0.15) is 0 Å². The van der Waals surface area contributed by atoms with Crippen LogP contribution >= 0.6 is 8.92 Å². The number of allylic oxidation sites excluding steroid dienone is 1. The normalized spacial score (nSPS) is 14.7. The van der Waals surface area contributed by atoms with Crippen molar-refractivity contribution < 1.29 is 5.11 Å². The number of rotatable bonds is 11. The zero-order valence-electron chi connectivity index (χ0n) is 13.3. The zero-order chi connectivity index (χ0) is 14.7. The van der Waals surface area contributed by atoms with Crippen molar-refractivity contribution in [2.75, 3.05) is 0 Å². The van der Waals surface area contributed by atoms with Gasteiger partial charge in [0.25, 0.3) is 0 Å². The third-order valence-corrected chi connectivity index (χ3v) is 19.0. The summed E-state index contributed by atoms with van der Waals surface area (Å²) in [7, 11) is 7.12. The predicted molar refractivity (Wildman–Crippen MR) is 90.3 cm³/mol. The van der Waals surface area contributed by atoms with Crippen LogP contribution < -0.4 is 0 Å². The second-order valence-corrected chi connectivity index (χ2v) is 20.5. The monoisotopic (exact) mass is 396 g/mol. The zero-order valence-corrected chi connectivity index (χ0v) is 17.0. The van der Waals surface area contributed by atoms with Gasteiger partial charge in [0.15, 0.2) is 0 Å². The Balaban J connectivity index is 4.94. The molecule has 0 aliphatic carbocycles. The molecule has 1 unspecified atom stereocenters. The first kappa shape index (κ1) is 19.8. The number of halogens is 1. The van der Waals surface area contributed by atoms with Crippen molar-refractivity contribution in [1.29, 1.82) is 0 Å². The van der Waals surface area contributed by atoms with Crippen molar-refractivity contribution in [3.63, 3.8) is 0 Å². The van der Waals surface area contributed by atoms with Gasteiger partial charge in [0.05, 0.1) is 0 Å². The first-order valence-electron chi connectivity index (χ1n) is 8.09. The van der Waals surface area contributed by atoms with E-state index in [1.165, 1.54) is 51.0 Å². The molecule has 1 nitrogen and oxygen atoms in total. The molecule has 0 fully saturated rings. The Hall–Kier alpha value is 0.789. The molecule has 1 atom stereocenters. The van der Waals surface area contributed by atoms with Gasteiger partial charge in [-0.3, -0.25) is 0 Å². The Morgan fingerprint density at radius 3 is 1.89 bits per heavy atom. The molecule has 0 saturated heterocycles. The van der Waals surface area contributed by atoms with E-state index in [1.54, 1.807) is 0 Å². The molecule has 0 aromatic heterocycles. The molecule has 3 heteroatoms. The molecule has 0 spiro atoms. The number of unbranched alkanes of at least 4 members (excludes halogenated alkanes) is 4. The van der Waals surface area contributed by atoms with E-state index in [4.69, 9.17) is 8.92 Å². The first-order chi connectivity index (χ1) is 9.01. The van der Waals surface area contributed by atoms with E-state index in [2.05, 4.69) is 26.8 Å². The topological polar surface area (TPSA) is 20.2 Å². The summed E-state index contributed by atoms with van der Waals surface area (Å²) in [5.41, 5.74) is 0. The van der Waals surface area contributed by atoms with E-state index in [0.717, 1.165) is 6.42 Å². The Morgan fingerprint density at radius 2 is 1.53 bits per heavy atom. The molecule has 0 aliphatic rings. The van der Waals surface area contributed by atoms with Crippen LogP contribution in [0.5, 0.6) is 0 Å². The molecule has 0 heterocycles. The van der Waals surface area contributed by atoms with Crippen LogP contribution in [-0.2, 0) is 0 Å². The van der Waals surface area contributed by atoms with Gasteiger partial charge >= 0.3 is 129 Å². The van der Waals surface area contributed by atoms with Gasteiger partial charge in [-0.1, -0.05) is 0 Å². The van der Waals surface area contributed by atoms with Crippen LogP contribution in [0.3, 0.4) is 0 Å². The first-order valence-corrected chi connectivity index (χ1v) is 17.2. The quantitative estimate of drug-likeness (QED) is 0.346. The summed E-state index contributed by atoms with van der Waals surface area (Å²) in [6, 6.07) is 0. The van der Waals surface area contributed by atoms with Gasteiger partial charge < -0.3 is 0 Å². The van der Waals surface area contributed by atoms with Crippen LogP contribution in [0, 0.1) is 0 Å². The molecule has 0 rings (SSSR count). The second kappa shape index (κ2) is 11.4. The van der Waals surface area contributed by atoms with Crippen LogP contribution in [-0.4, -0.2) is 28.5 Å². The van der Waals surface area contributed by atoms with E-state index in [0.29, 0.717) is 0 Å². The van der Waals surface area contributed by atoms with Gasteiger partial charge in [-0.15, -0.1) is 0 Å². The average Bonchev–Trinajstić information content (AvgIpc) is 2.38. The molecule has 0 aliphatic heterocycles. The maximum atomic E-state index is 10.1. The summed E-state index contributed by atoms with van der Waals surface area (Å²) in [4.78, 5) is 0. The molecular weight excluding hydrogens is 362 g/mol. The van der Waals surface area contributed by atoms with Crippen LogP contribution in [0.25, 0.3) is 0 Å². The molecule has 19 heavy (non-hydrogen) atoms. The molecule has 0 bridgehead atoms. The fraction of sp³-hybridized carbons (Fsp3) is 0.875. The molecular formula is C16H33ClOSn. The minimum atomic E-state index is -2.78. The fourth-order valence-electron chi connectivity index (χ4n) is 2.52. The molecule has 114 valence electrons. The van der Waals surface area contributed by atoms with Crippen molar-refractivity contribution in [3.8, 4) is 0 Å². The van der Waals surface area contributed by atoms with Crippen molar-refractivity contribution in [2.24, 2.45) is 0 Å². The van der Waals surface area contributed by atoms with Gasteiger partial charge in [-0.25, -0.2) is 0 Å². The van der Waals surface area contributed by atoms with Gasteiger partial charge in [-0.2, -0.15) is 0 Å². The summed E-state index contributed by atoms with van der Waals surface area (Å²) >= 11 is -2.78. The maximum absolute atomic E-state index is 10.1. The minimum absolute atomic E-state index is 0.334. The van der Waals surface area contributed by atoms with E-state index in [-0.39, 0.29) is 6.10 Å². The summed E-state index contributed by atoms with van der Waals surface area (Å²) in [6.07, 6.45) is 10.3. The molecule has 0 radical (unpaired) electrons. The van der Waals surface area contributed by atoms with Crippen molar-refractivity contribution >= 4 is 26.2 Å². The Labute approximate surface area is 128 Å². The van der Waals surface area contributed by atoms with Gasteiger partial charge in [0.2, 0.25) is 0 Å². The third kappa shape index (κ3) is 7.96. The van der Waals surface area contributed by atoms with Gasteiger partial charge in [0, 0.05) is 0 Å². The Bertz CT molecular complexity index is 243. The van der Waals surface area contributed by atoms with Crippen molar-refractivity contribution in [1.82, 2.24) is 0 Å². The number of aliphatic hydroxyl groups is 1. The van der Waals surface area contributed by atoms with Crippen molar-refractivity contribution in [2.45, 2.75) is 87.6 Å². The van der Waals surface area contributed by atoms with E-state index >= 15 is 0 Å². The summed E-state index contributed by atoms with van der Waals surface area (Å²) in [5.74, 6) is 0.